The Kier molecular flexibility index (Phi) is 11.5. The molecule has 0 nitrogen and oxygen atoms in total. The molecule has 2 rings (SSSR count). The third-order valence-electron chi connectivity index (χ3n) is 1.91. The molecule has 17 heavy (non-hydrogen) atoms. The lowest BCUT2D eigenvalue weighted by Crippen LogP contribution is -1.71. The number of hydrogen-bond donors (Lipinski definition) is 0. The molecule has 0 aliphatic carbocycles. The Morgan fingerprint density at radius 1 is 0.706 bits per heavy atom. The first kappa shape index (κ1) is 18.7. The molecule has 0 heterocycles. The molecular formula is C14H17Cl3. The Balaban J connectivity index is 0. The normalized spacial score (nSPS) is 7.94. The highest BCUT2D eigenvalue weighted by Gasteiger charge is 1.80. The van der Waals surface area contributed by atoms with Gasteiger partial charge in [-0.15, -0.1) is 24.8 Å². The minimum absolute atomic E-state index is 0. The summed E-state index contributed by atoms with van der Waals surface area (Å²) in [5, 5.41) is 0.794. The van der Waals surface area contributed by atoms with E-state index < -0.39 is 0 Å². The van der Waals surface area contributed by atoms with Gasteiger partial charge in [0.05, 0.1) is 0 Å². The van der Waals surface area contributed by atoms with Gasteiger partial charge >= 0.3 is 0 Å². The molecule has 0 saturated heterocycles. The van der Waals surface area contributed by atoms with Gasteiger partial charge in [0.2, 0.25) is 0 Å². The van der Waals surface area contributed by atoms with Crippen LogP contribution in [0.2, 0.25) is 5.02 Å². The topological polar surface area (TPSA) is 0 Å². The average Bonchev–Trinajstić information content (AvgIpc) is 2.19. The van der Waals surface area contributed by atoms with E-state index in [2.05, 4.69) is 38.1 Å². The highest BCUT2D eigenvalue weighted by molar-refractivity contribution is 6.30. The first-order valence-corrected chi connectivity index (χ1v) is 5.30. The van der Waals surface area contributed by atoms with Gasteiger partial charge in [0.1, 0.15) is 0 Å². The molecule has 94 valence electrons. The first-order chi connectivity index (χ1) is 7.18. The lowest BCUT2D eigenvalue weighted by molar-refractivity contribution is 1.39. The summed E-state index contributed by atoms with van der Waals surface area (Å²) in [6.07, 6.45) is 0. The van der Waals surface area contributed by atoms with Crippen molar-refractivity contribution >= 4 is 36.4 Å². The van der Waals surface area contributed by atoms with Crippen LogP contribution in [0.5, 0.6) is 0 Å². The molecular weight excluding hydrogens is 275 g/mol. The van der Waals surface area contributed by atoms with Crippen LogP contribution in [-0.2, 0) is 0 Å². The third-order valence-corrected chi connectivity index (χ3v) is 2.16. The maximum Gasteiger partial charge on any atom is 0.0405 e. The fourth-order valence-electron chi connectivity index (χ4n) is 1.22. The zero-order valence-electron chi connectivity index (χ0n) is 9.89. The molecule has 0 N–H and O–H groups in total. The van der Waals surface area contributed by atoms with Gasteiger partial charge in [-0.25, -0.2) is 0 Å². The molecule has 2 aromatic carbocycles. The minimum atomic E-state index is 0. The van der Waals surface area contributed by atoms with Crippen molar-refractivity contribution in [3.63, 3.8) is 0 Å². The summed E-state index contributed by atoms with van der Waals surface area (Å²) in [5.41, 5.74) is 2.68. The summed E-state index contributed by atoms with van der Waals surface area (Å²) < 4.78 is 0. The summed E-state index contributed by atoms with van der Waals surface area (Å²) in [6.45, 7) is 4.21. The van der Waals surface area contributed by atoms with Crippen molar-refractivity contribution in [3.05, 3.63) is 70.7 Å². The van der Waals surface area contributed by atoms with Crippen LogP contribution in [0.3, 0.4) is 0 Å². The molecule has 3 heteroatoms. The second-order valence-corrected chi connectivity index (χ2v) is 3.89. The molecule has 2 aromatic rings. The smallest absolute Gasteiger partial charge is 0.0405 e. The predicted molar refractivity (Wildman–Crippen MR) is 81.9 cm³/mol. The van der Waals surface area contributed by atoms with Crippen LogP contribution >= 0.6 is 36.4 Å². The van der Waals surface area contributed by atoms with Crippen molar-refractivity contribution in [3.8, 4) is 0 Å². The molecule has 0 aromatic heterocycles. The number of benzene rings is 2. The van der Waals surface area contributed by atoms with Crippen LogP contribution in [0.25, 0.3) is 0 Å². The van der Waals surface area contributed by atoms with E-state index in [4.69, 9.17) is 11.6 Å². The maximum absolute atomic E-state index is 5.54. The fourth-order valence-corrected chi connectivity index (χ4v) is 1.37. The summed E-state index contributed by atoms with van der Waals surface area (Å²) in [6, 6.07) is 17.9. The second kappa shape index (κ2) is 10.5. The molecule has 0 saturated carbocycles. The quantitative estimate of drug-likeness (QED) is 0.602. The van der Waals surface area contributed by atoms with Crippen molar-refractivity contribution in [2.75, 3.05) is 0 Å². The molecule has 0 unspecified atom stereocenters. The molecule has 0 spiro atoms. The van der Waals surface area contributed by atoms with Gasteiger partial charge < -0.3 is 0 Å². The standard InChI is InChI=1S/C8H10.C6H5Cl.2ClH/c1-7-4-3-5-8(2)6-7;7-6-4-2-1-3-5-6;;/h3-6H,1-2H3;1-5H;2*1H. The Hall–Kier alpha value is -0.690. The van der Waals surface area contributed by atoms with Gasteiger partial charge in [0.15, 0.2) is 0 Å². The van der Waals surface area contributed by atoms with E-state index in [1.165, 1.54) is 11.1 Å². The van der Waals surface area contributed by atoms with E-state index in [1.54, 1.807) is 0 Å². The predicted octanol–water partition coefficient (Wildman–Crippen LogP) is 5.49. The van der Waals surface area contributed by atoms with Crippen LogP contribution in [0.4, 0.5) is 0 Å². The zero-order valence-corrected chi connectivity index (χ0v) is 12.3. The summed E-state index contributed by atoms with van der Waals surface area (Å²) in [4.78, 5) is 0. The fraction of sp³-hybridized carbons (Fsp3) is 0.143. The van der Waals surface area contributed by atoms with Gasteiger partial charge in [-0.2, -0.15) is 0 Å². The Morgan fingerprint density at radius 2 is 1.18 bits per heavy atom. The average molecular weight is 292 g/mol. The van der Waals surface area contributed by atoms with Gasteiger partial charge in [-0.1, -0.05) is 65.2 Å². The van der Waals surface area contributed by atoms with Crippen LogP contribution in [0, 0.1) is 13.8 Å². The maximum atomic E-state index is 5.54. The van der Waals surface area contributed by atoms with Gasteiger partial charge in [0.25, 0.3) is 0 Å². The summed E-state index contributed by atoms with van der Waals surface area (Å²) in [5.74, 6) is 0. The van der Waals surface area contributed by atoms with Crippen molar-refractivity contribution < 1.29 is 0 Å². The highest BCUT2D eigenvalue weighted by Crippen LogP contribution is 2.03. The van der Waals surface area contributed by atoms with E-state index >= 15 is 0 Å². The SMILES string of the molecule is Cc1cccc(C)c1.Cl.Cl.Clc1ccccc1. The molecule has 0 aliphatic rings. The van der Waals surface area contributed by atoms with Gasteiger partial charge in [-0.05, 0) is 26.0 Å². The Morgan fingerprint density at radius 3 is 1.41 bits per heavy atom. The van der Waals surface area contributed by atoms with E-state index in [1.807, 2.05) is 30.3 Å². The molecule has 0 atom stereocenters. The van der Waals surface area contributed by atoms with E-state index in [0.29, 0.717) is 0 Å². The number of halogens is 3. The largest absolute Gasteiger partial charge is 0.147 e. The lowest BCUT2D eigenvalue weighted by atomic mass is 10.2. The van der Waals surface area contributed by atoms with Crippen LogP contribution < -0.4 is 0 Å². The number of aryl methyl sites for hydroxylation is 2. The first-order valence-electron chi connectivity index (χ1n) is 4.92. The van der Waals surface area contributed by atoms with E-state index in [9.17, 15) is 0 Å². The third kappa shape index (κ3) is 9.05. The van der Waals surface area contributed by atoms with Crippen LogP contribution in [-0.4, -0.2) is 0 Å². The molecule has 0 aliphatic heterocycles. The molecule has 0 bridgehead atoms. The second-order valence-electron chi connectivity index (χ2n) is 3.45. The molecule has 0 fully saturated rings. The van der Waals surface area contributed by atoms with E-state index in [-0.39, 0.29) is 24.8 Å². The Labute approximate surface area is 121 Å². The lowest BCUT2D eigenvalue weighted by Gasteiger charge is -1.90. The molecule has 0 radical (unpaired) electrons. The van der Waals surface area contributed by atoms with Crippen molar-refractivity contribution in [1.29, 1.82) is 0 Å². The zero-order chi connectivity index (χ0) is 11.1. The van der Waals surface area contributed by atoms with Crippen molar-refractivity contribution in [2.24, 2.45) is 0 Å². The van der Waals surface area contributed by atoms with Gasteiger partial charge in [0, 0.05) is 5.02 Å². The molecule has 0 amide bonds. The van der Waals surface area contributed by atoms with Crippen molar-refractivity contribution in [2.45, 2.75) is 13.8 Å². The number of hydrogen-bond acceptors (Lipinski definition) is 0. The number of rotatable bonds is 0. The monoisotopic (exact) mass is 290 g/mol. The Bertz CT molecular complexity index is 382. The van der Waals surface area contributed by atoms with Crippen molar-refractivity contribution in [1.82, 2.24) is 0 Å². The van der Waals surface area contributed by atoms with E-state index in [0.717, 1.165) is 5.02 Å². The highest BCUT2D eigenvalue weighted by atomic mass is 35.5. The van der Waals surface area contributed by atoms with Crippen LogP contribution in [0.15, 0.2) is 54.6 Å². The summed E-state index contributed by atoms with van der Waals surface area (Å²) >= 11 is 5.54. The summed E-state index contributed by atoms with van der Waals surface area (Å²) in [7, 11) is 0. The van der Waals surface area contributed by atoms with Gasteiger partial charge in [-0.3, -0.25) is 0 Å². The van der Waals surface area contributed by atoms with Crippen LogP contribution in [0.1, 0.15) is 11.1 Å². The minimum Gasteiger partial charge on any atom is -0.147 e.